The molecule has 3 nitrogen and oxygen atoms in total. The molecule has 3 heteroatoms. The number of likely N-dealkylation sites (N-methyl/N-ethyl adjacent to an activating group) is 1. The molecular weight excluding hydrogens is 166 g/mol. The molecule has 0 atom stereocenters. The summed E-state index contributed by atoms with van der Waals surface area (Å²) in [6.45, 7) is 5.61. The first kappa shape index (κ1) is 12.9. The van der Waals surface area contributed by atoms with E-state index in [2.05, 4.69) is 4.90 Å². The third kappa shape index (κ3) is 9.80. The standard InChI is InChI=1S/C10H23NO2/c1-10(2,13)9-11(3)7-5-4-6-8-12/h12-13H,4-9H2,1-3H3. The van der Waals surface area contributed by atoms with Crippen LogP contribution < -0.4 is 0 Å². The molecule has 0 rings (SSSR count). The molecule has 0 aliphatic rings. The molecule has 0 amide bonds. The van der Waals surface area contributed by atoms with Gasteiger partial charge in [-0.25, -0.2) is 0 Å². The maximum Gasteiger partial charge on any atom is 0.0718 e. The number of aliphatic hydroxyl groups excluding tert-OH is 1. The molecule has 0 aliphatic carbocycles. The van der Waals surface area contributed by atoms with Gasteiger partial charge in [0.2, 0.25) is 0 Å². The fraction of sp³-hybridized carbons (Fsp3) is 1.00. The Kier molecular flexibility index (Phi) is 6.29. The van der Waals surface area contributed by atoms with Crippen LogP contribution in [0, 0.1) is 0 Å². The predicted molar refractivity (Wildman–Crippen MR) is 54.7 cm³/mol. The van der Waals surface area contributed by atoms with E-state index in [1.165, 1.54) is 0 Å². The Morgan fingerprint density at radius 2 is 1.77 bits per heavy atom. The molecule has 0 aromatic heterocycles. The molecule has 13 heavy (non-hydrogen) atoms. The van der Waals surface area contributed by atoms with E-state index in [4.69, 9.17) is 5.11 Å². The topological polar surface area (TPSA) is 43.7 Å². The molecule has 0 fully saturated rings. The zero-order valence-electron chi connectivity index (χ0n) is 9.08. The first-order valence-corrected chi connectivity index (χ1v) is 4.97. The van der Waals surface area contributed by atoms with E-state index in [9.17, 15) is 5.11 Å². The maximum absolute atomic E-state index is 9.51. The maximum atomic E-state index is 9.51. The van der Waals surface area contributed by atoms with Crippen molar-refractivity contribution >= 4 is 0 Å². The molecule has 0 saturated carbocycles. The Hall–Kier alpha value is -0.120. The summed E-state index contributed by atoms with van der Waals surface area (Å²) in [4.78, 5) is 2.12. The summed E-state index contributed by atoms with van der Waals surface area (Å²) in [7, 11) is 2.01. The van der Waals surface area contributed by atoms with Gasteiger partial charge in [-0.3, -0.25) is 0 Å². The van der Waals surface area contributed by atoms with Gasteiger partial charge in [-0.05, 0) is 46.7 Å². The van der Waals surface area contributed by atoms with E-state index in [1.54, 1.807) is 0 Å². The second-order valence-electron chi connectivity index (χ2n) is 4.33. The highest BCUT2D eigenvalue weighted by Crippen LogP contribution is 2.04. The summed E-state index contributed by atoms with van der Waals surface area (Å²) in [5, 5.41) is 18.1. The molecule has 0 spiro atoms. The monoisotopic (exact) mass is 189 g/mol. The normalized spacial score (nSPS) is 12.5. The molecule has 0 aliphatic heterocycles. The number of hydrogen-bond acceptors (Lipinski definition) is 3. The van der Waals surface area contributed by atoms with Crippen molar-refractivity contribution in [2.45, 2.75) is 38.7 Å². The lowest BCUT2D eigenvalue weighted by molar-refractivity contribution is 0.0441. The molecule has 0 heterocycles. The summed E-state index contributed by atoms with van der Waals surface area (Å²) < 4.78 is 0. The van der Waals surface area contributed by atoms with Crippen LogP contribution in [0.2, 0.25) is 0 Å². The summed E-state index contributed by atoms with van der Waals surface area (Å²) in [5.41, 5.74) is -0.605. The Bertz CT molecular complexity index is 121. The zero-order valence-corrected chi connectivity index (χ0v) is 9.08. The van der Waals surface area contributed by atoms with Gasteiger partial charge in [-0.2, -0.15) is 0 Å². The van der Waals surface area contributed by atoms with E-state index in [-0.39, 0.29) is 6.61 Å². The highest BCUT2D eigenvalue weighted by Gasteiger charge is 2.14. The zero-order chi connectivity index (χ0) is 10.3. The molecule has 0 bridgehead atoms. The van der Waals surface area contributed by atoms with E-state index >= 15 is 0 Å². The average molecular weight is 189 g/mol. The Morgan fingerprint density at radius 1 is 1.15 bits per heavy atom. The van der Waals surface area contributed by atoms with Gasteiger partial charge in [0.15, 0.2) is 0 Å². The van der Waals surface area contributed by atoms with Crippen molar-refractivity contribution in [3.63, 3.8) is 0 Å². The summed E-state index contributed by atoms with van der Waals surface area (Å²) in [6, 6.07) is 0. The smallest absolute Gasteiger partial charge is 0.0718 e. The van der Waals surface area contributed by atoms with Gasteiger partial charge in [0.05, 0.1) is 5.60 Å². The second-order valence-corrected chi connectivity index (χ2v) is 4.33. The van der Waals surface area contributed by atoms with Crippen LogP contribution in [0.5, 0.6) is 0 Å². The highest BCUT2D eigenvalue weighted by atomic mass is 16.3. The molecular formula is C10H23NO2. The van der Waals surface area contributed by atoms with Gasteiger partial charge in [0, 0.05) is 13.2 Å². The summed E-state index contributed by atoms with van der Waals surface area (Å²) in [5.74, 6) is 0. The summed E-state index contributed by atoms with van der Waals surface area (Å²) >= 11 is 0. The molecule has 0 aromatic carbocycles. The van der Waals surface area contributed by atoms with E-state index in [0.29, 0.717) is 6.54 Å². The first-order valence-electron chi connectivity index (χ1n) is 4.97. The van der Waals surface area contributed by atoms with Gasteiger partial charge in [0.1, 0.15) is 0 Å². The SMILES string of the molecule is CN(CCCCCO)CC(C)(C)O. The largest absolute Gasteiger partial charge is 0.396 e. The van der Waals surface area contributed by atoms with Gasteiger partial charge in [-0.15, -0.1) is 0 Å². The number of aliphatic hydroxyl groups is 2. The fourth-order valence-corrected chi connectivity index (χ4v) is 1.41. The van der Waals surface area contributed by atoms with Crippen molar-refractivity contribution in [3.05, 3.63) is 0 Å². The lowest BCUT2D eigenvalue weighted by atomic mass is 10.1. The minimum absolute atomic E-state index is 0.287. The lowest BCUT2D eigenvalue weighted by Crippen LogP contribution is -2.36. The summed E-state index contributed by atoms with van der Waals surface area (Å²) in [6.07, 6.45) is 3.04. The van der Waals surface area contributed by atoms with Crippen LogP contribution in [0.1, 0.15) is 33.1 Å². The van der Waals surface area contributed by atoms with Crippen molar-refractivity contribution in [2.75, 3.05) is 26.7 Å². The fourth-order valence-electron chi connectivity index (χ4n) is 1.41. The van der Waals surface area contributed by atoms with Crippen molar-refractivity contribution in [1.82, 2.24) is 4.90 Å². The minimum atomic E-state index is -0.605. The van der Waals surface area contributed by atoms with Crippen molar-refractivity contribution < 1.29 is 10.2 Å². The van der Waals surface area contributed by atoms with Crippen molar-refractivity contribution in [1.29, 1.82) is 0 Å². The van der Waals surface area contributed by atoms with Gasteiger partial charge in [0.25, 0.3) is 0 Å². The van der Waals surface area contributed by atoms with Crippen LogP contribution in [0.25, 0.3) is 0 Å². The van der Waals surface area contributed by atoms with Crippen LogP contribution in [-0.2, 0) is 0 Å². The minimum Gasteiger partial charge on any atom is -0.396 e. The van der Waals surface area contributed by atoms with Gasteiger partial charge < -0.3 is 15.1 Å². The molecule has 80 valence electrons. The van der Waals surface area contributed by atoms with Gasteiger partial charge in [-0.1, -0.05) is 0 Å². The predicted octanol–water partition coefficient (Wildman–Crippen LogP) is 0.852. The average Bonchev–Trinajstić information content (AvgIpc) is 1.94. The number of hydrogen-bond donors (Lipinski definition) is 2. The molecule has 0 aromatic rings. The molecule has 0 saturated heterocycles. The highest BCUT2D eigenvalue weighted by molar-refractivity contribution is 4.69. The Morgan fingerprint density at radius 3 is 2.23 bits per heavy atom. The molecule has 0 radical (unpaired) electrons. The third-order valence-corrected chi connectivity index (χ3v) is 1.85. The molecule has 2 N–H and O–H groups in total. The van der Waals surface area contributed by atoms with Crippen LogP contribution >= 0.6 is 0 Å². The Labute approximate surface area is 81.4 Å². The van der Waals surface area contributed by atoms with E-state index in [1.807, 2.05) is 20.9 Å². The second kappa shape index (κ2) is 6.35. The number of nitrogens with zero attached hydrogens (tertiary/aromatic N) is 1. The van der Waals surface area contributed by atoms with E-state index < -0.39 is 5.60 Å². The van der Waals surface area contributed by atoms with E-state index in [0.717, 1.165) is 25.8 Å². The first-order chi connectivity index (χ1) is 5.95. The van der Waals surface area contributed by atoms with Crippen LogP contribution in [0.3, 0.4) is 0 Å². The number of rotatable bonds is 7. The van der Waals surface area contributed by atoms with Crippen LogP contribution in [0.15, 0.2) is 0 Å². The van der Waals surface area contributed by atoms with Crippen LogP contribution in [-0.4, -0.2) is 47.5 Å². The molecule has 0 unspecified atom stereocenters. The van der Waals surface area contributed by atoms with Crippen LogP contribution in [0.4, 0.5) is 0 Å². The van der Waals surface area contributed by atoms with Gasteiger partial charge >= 0.3 is 0 Å². The quantitative estimate of drug-likeness (QED) is 0.584. The van der Waals surface area contributed by atoms with Crippen molar-refractivity contribution in [3.8, 4) is 0 Å². The Balaban J connectivity index is 3.35. The third-order valence-electron chi connectivity index (χ3n) is 1.85. The number of unbranched alkanes of at least 4 members (excludes halogenated alkanes) is 2. The lowest BCUT2D eigenvalue weighted by Gasteiger charge is -2.25. The van der Waals surface area contributed by atoms with Crippen molar-refractivity contribution in [2.24, 2.45) is 0 Å².